The van der Waals surface area contributed by atoms with Crippen LogP contribution in [0, 0.1) is 0 Å². The molecule has 0 aromatic carbocycles. The fraction of sp³-hybridized carbons (Fsp3) is 0.909. The molecule has 0 aliphatic heterocycles. The molecule has 0 rings (SSSR count). The van der Waals surface area contributed by atoms with Gasteiger partial charge in [-0.2, -0.15) is 0 Å². The first-order chi connectivity index (χ1) is 13.1. The highest BCUT2D eigenvalue weighted by Crippen LogP contribution is 2.14. The van der Waals surface area contributed by atoms with Crippen LogP contribution in [0.15, 0.2) is 0 Å². The fourth-order valence-electron chi connectivity index (χ4n) is 3.37. The van der Waals surface area contributed by atoms with E-state index >= 15 is 0 Å². The Bertz CT molecular complexity index is 361. The molecule has 5 heteroatoms. The van der Waals surface area contributed by atoms with Gasteiger partial charge >= 0.3 is 5.97 Å². The normalized spacial score (nSPS) is 12.2. The highest BCUT2D eigenvalue weighted by Gasteiger charge is 2.12. The van der Waals surface area contributed by atoms with Crippen LogP contribution in [-0.4, -0.2) is 29.4 Å². The van der Waals surface area contributed by atoms with Gasteiger partial charge < -0.3 is 16.6 Å². The number of carbonyl (C=O) groups is 2. The average Bonchev–Trinajstić information content (AvgIpc) is 2.64. The lowest BCUT2D eigenvalue weighted by molar-refractivity contribution is -0.137. The molecule has 1 atom stereocenters. The molecule has 0 radical (unpaired) electrons. The first kappa shape index (κ1) is 26.1. The molecule has 0 aliphatic rings. The molecule has 0 spiro atoms. The number of hydrogen-bond donors (Lipinski definition) is 3. The van der Waals surface area contributed by atoms with Crippen LogP contribution in [0.4, 0.5) is 0 Å². The van der Waals surface area contributed by atoms with Crippen molar-refractivity contribution in [1.82, 2.24) is 0 Å². The fourth-order valence-corrected chi connectivity index (χ4v) is 3.37. The molecular weight excluding hydrogens is 340 g/mol. The Balaban J connectivity index is 3.22. The molecule has 27 heavy (non-hydrogen) atoms. The van der Waals surface area contributed by atoms with Crippen LogP contribution >= 0.6 is 0 Å². The second-order valence-corrected chi connectivity index (χ2v) is 7.85. The molecule has 5 nitrogen and oxygen atoms in total. The average molecular weight is 385 g/mol. The summed E-state index contributed by atoms with van der Waals surface area (Å²) in [6.07, 6.45) is 19.0. The van der Waals surface area contributed by atoms with E-state index in [0.29, 0.717) is 19.4 Å². The minimum atomic E-state index is -0.677. The summed E-state index contributed by atoms with van der Waals surface area (Å²) in [5, 5.41) is 8.56. The number of rotatable bonds is 21. The SMILES string of the molecule is NCCCC[C@H](N)C(=O)CCCCCCCCCCCCCCCC(=O)O. The second kappa shape index (κ2) is 19.8. The Morgan fingerprint density at radius 3 is 1.44 bits per heavy atom. The van der Waals surface area contributed by atoms with Gasteiger partial charge in [-0.25, -0.2) is 0 Å². The van der Waals surface area contributed by atoms with Crippen molar-refractivity contribution in [1.29, 1.82) is 0 Å². The predicted molar refractivity (Wildman–Crippen MR) is 113 cm³/mol. The molecule has 0 heterocycles. The minimum Gasteiger partial charge on any atom is -0.481 e. The zero-order valence-corrected chi connectivity index (χ0v) is 17.4. The molecule has 160 valence electrons. The standard InChI is InChI=1S/C22H44N2O3/c23-19-15-14-16-20(24)21(25)17-12-10-8-6-4-2-1-3-5-7-9-11-13-18-22(26)27/h20H,1-19,23-24H2,(H,26,27)/t20-/m0/s1. The zero-order chi connectivity index (χ0) is 20.2. The quantitative estimate of drug-likeness (QED) is 0.243. The number of carbonyl (C=O) groups excluding carboxylic acids is 1. The van der Waals surface area contributed by atoms with E-state index in [1.54, 1.807) is 0 Å². The Hall–Kier alpha value is -0.940. The number of carboxylic acids is 1. The Morgan fingerprint density at radius 2 is 1.04 bits per heavy atom. The summed E-state index contributed by atoms with van der Waals surface area (Å²) in [4.78, 5) is 22.3. The van der Waals surface area contributed by atoms with E-state index in [4.69, 9.17) is 16.6 Å². The Kier molecular flexibility index (Phi) is 19.1. The summed E-state index contributed by atoms with van der Waals surface area (Å²) in [7, 11) is 0. The topological polar surface area (TPSA) is 106 Å². The molecule has 0 aromatic rings. The molecule has 5 N–H and O–H groups in total. The minimum absolute atomic E-state index is 0.218. The molecular formula is C22H44N2O3. The van der Waals surface area contributed by atoms with Crippen LogP contribution < -0.4 is 11.5 Å². The van der Waals surface area contributed by atoms with Crippen molar-refractivity contribution in [3.63, 3.8) is 0 Å². The van der Waals surface area contributed by atoms with E-state index in [0.717, 1.165) is 44.9 Å². The molecule has 0 saturated heterocycles. The molecule has 0 aromatic heterocycles. The van der Waals surface area contributed by atoms with E-state index in [9.17, 15) is 9.59 Å². The van der Waals surface area contributed by atoms with Crippen molar-refractivity contribution < 1.29 is 14.7 Å². The van der Waals surface area contributed by atoms with Gasteiger partial charge in [-0.1, -0.05) is 77.0 Å². The van der Waals surface area contributed by atoms with Crippen LogP contribution in [0.3, 0.4) is 0 Å². The van der Waals surface area contributed by atoms with Gasteiger partial charge in [0.25, 0.3) is 0 Å². The van der Waals surface area contributed by atoms with Gasteiger partial charge in [0, 0.05) is 12.8 Å². The molecule has 0 unspecified atom stereocenters. The molecule has 0 amide bonds. The lowest BCUT2D eigenvalue weighted by atomic mass is 10.0. The van der Waals surface area contributed by atoms with Crippen molar-refractivity contribution in [2.24, 2.45) is 11.5 Å². The summed E-state index contributed by atoms with van der Waals surface area (Å²) < 4.78 is 0. The van der Waals surface area contributed by atoms with Crippen molar-refractivity contribution in [2.75, 3.05) is 6.54 Å². The van der Waals surface area contributed by atoms with Crippen molar-refractivity contribution in [3.05, 3.63) is 0 Å². The number of unbranched alkanes of at least 4 members (excludes halogenated alkanes) is 13. The van der Waals surface area contributed by atoms with Crippen molar-refractivity contribution >= 4 is 11.8 Å². The molecule has 0 aliphatic carbocycles. The third-order valence-corrected chi connectivity index (χ3v) is 5.20. The molecule has 0 saturated carbocycles. The lowest BCUT2D eigenvalue weighted by Gasteiger charge is -2.10. The smallest absolute Gasteiger partial charge is 0.303 e. The van der Waals surface area contributed by atoms with Crippen LogP contribution in [0.2, 0.25) is 0 Å². The summed E-state index contributed by atoms with van der Waals surface area (Å²) in [5.41, 5.74) is 11.4. The van der Waals surface area contributed by atoms with Gasteiger partial charge in [-0.3, -0.25) is 9.59 Å². The number of nitrogens with two attached hydrogens (primary N) is 2. The summed E-state index contributed by atoms with van der Waals surface area (Å²) >= 11 is 0. The lowest BCUT2D eigenvalue weighted by Crippen LogP contribution is -2.30. The summed E-state index contributed by atoms with van der Waals surface area (Å²) in [5.74, 6) is -0.460. The van der Waals surface area contributed by atoms with Gasteiger partial charge in [-0.05, 0) is 32.2 Å². The number of carboxylic acid groups (broad SMARTS) is 1. The van der Waals surface area contributed by atoms with Gasteiger partial charge in [0.2, 0.25) is 0 Å². The van der Waals surface area contributed by atoms with Crippen molar-refractivity contribution in [3.8, 4) is 0 Å². The van der Waals surface area contributed by atoms with E-state index in [1.165, 1.54) is 57.8 Å². The number of ketones is 1. The van der Waals surface area contributed by atoms with Gasteiger partial charge in [0.15, 0.2) is 0 Å². The third kappa shape index (κ3) is 19.6. The highest BCUT2D eigenvalue weighted by atomic mass is 16.4. The number of Topliss-reactive ketones (excluding diaryl/α,β-unsaturated/α-hetero) is 1. The zero-order valence-electron chi connectivity index (χ0n) is 17.4. The summed E-state index contributed by atoms with van der Waals surface area (Å²) in [6.45, 7) is 0.676. The number of aliphatic carboxylic acids is 1. The van der Waals surface area contributed by atoms with E-state index in [-0.39, 0.29) is 11.8 Å². The van der Waals surface area contributed by atoms with E-state index in [1.807, 2.05) is 0 Å². The second-order valence-electron chi connectivity index (χ2n) is 7.85. The highest BCUT2D eigenvalue weighted by molar-refractivity contribution is 5.83. The van der Waals surface area contributed by atoms with Gasteiger partial charge in [0.1, 0.15) is 5.78 Å². The van der Waals surface area contributed by atoms with Crippen LogP contribution in [0.1, 0.15) is 116 Å². The van der Waals surface area contributed by atoms with Crippen LogP contribution in [-0.2, 0) is 9.59 Å². The maximum atomic E-state index is 11.9. The predicted octanol–water partition coefficient (Wildman–Crippen LogP) is 4.95. The summed E-state index contributed by atoms with van der Waals surface area (Å²) in [6, 6.07) is -0.284. The maximum Gasteiger partial charge on any atom is 0.303 e. The maximum absolute atomic E-state index is 11.9. The van der Waals surface area contributed by atoms with Crippen LogP contribution in [0.5, 0.6) is 0 Å². The third-order valence-electron chi connectivity index (χ3n) is 5.20. The number of hydrogen-bond acceptors (Lipinski definition) is 4. The van der Waals surface area contributed by atoms with E-state index < -0.39 is 5.97 Å². The van der Waals surface area contributed by atoms with Gasteiger partial charge in [-0.15, -0.1) is 0 Å². The van der Waals surface area contributed by atoms with Crippen molar-refractivity contribution in [2.45, 2.75) is 122 Å². The van der Waals surface area contributed by atoms with E-state index in [2.05, 4.69) is 0 Å². The first-order valence-electron chi connectivity index (χ1n) is 11.3. The van der Waals surface area contributed by atoms with Crippen LogP contribution in [0.25, 0.3) is 0 Å². The Morgan fingerprint density at radius 1 is 0.630 bits per heavy atom. The van der Waals surface area contributed by atoms with Gasteiger partial charge in [0.05, 0.1) is 6.04 Å². The monoisotopic (exact) mass is 384 g/mol. The molecule has 0 bridgehead atoms. The first-order valence-corrected chi connectivity index (χ1v) is 11.3. The largest absolute Gasteiger partial charge is 0.481 e. The Labute approximate surface area is 166 Å². The molecule has 0 fully saturated rings.